The van der Waals surface area contributed by atoms with Crippen LogP contribution in [0.25, 0.3) is 0 Å². The second-order valence-corrected chi connectivity index (χ2v) is 28.0. The molecule has 0 fully saturated rings. The van der Waals surface area contributed by atoms with Crippen LogP contribution in [-0.4, -0.2) is 68.5 Å². The molecule has 0 spiro atoms. The van der Waals surface area contributed by atoms with Crippen molar-refractivity contribution in [3.05, 3.63) is 122 Å². The van der Waals surface area contributed by atoms with Crippen molar-refractivity contribution in [2.75, 3.05) is 40.9 Å². The molecule has 0 aromatic rings. The summed E-state index contributed by atoms with van der Waals surface area (Å²) in [5.74, 6) is -0.169. The van der Waals surface area contributed by atoms with Crippen molar-refractivity contribution in [2.24, 2.45) is 0 Å². The second kappa shape index (κ2) is 70.2. The van der Waals surface area contributed by atoms with Gasteiger partial charge in [0.25, 0.3) is 7.82 Å². The van der Waals surface area contributed by atoms with E-state index in [4.69, 9.17) is 9.05 Å². The maximum atomic E-state index is 13.1. The topological polar surface area (TPSA) is 108 Å². The maximum Gasteiger partial charge on any atom is 0.268 e. The van der Waals surface area contributed by atoms with Crippen LogP contribution in [0.1, 0.15) is 335 Å². The number of phosphoric acid groups is 1. The Balaban J connectivity index is 4.05. The van der Waals surface area contributed by atoms with Gasteiger partial charge >= 0.3 is 0 Å². The van der Waals surface area contributed by atoms with E-state index in [2.05, 4.69) is 141 Å². The number of likely N-dealkylation sites (N-methyl/N-ethyl adjacent to an activating group) is 1. The number of aliphatic hydroxyl groups is 1. The Hall–Kier alpha value is -3.10. The number of carbonyl (C=O) groups is 1. The summed E-state index contributed by atoms with van der Waals surface area (Å²) in [5.41, 5.74) is 0. The molecule has 0 saturated heterocycles. The first-order chi connectivity index (χ1) is 44.0. The Morgan fingerprint density at radius 1 is 0.400 bits per heavy atom. The molecule has 2 N–H and O–H groups in total. The molecular formula is C81H145N2O6P. The van der Waals surface area contributed by atoms with Crippen LogP contribution < -0.4 is 10.2 Å². The molecule has 520 valence electrons. The monoisotopic (exact) mass is 1270 g/mol. The minimum Gasteiger partial charge on any atom is -0.756 e. The number of rotatable bonds is 69. The highest BCUT2D eigenvalue weighted by atomic mass is 31.2. The highest BCUT2D eigenvalue weighted by molar-refractivity contribution is 7.45. The average Bonchev–Trinajstić information content (AvgIpc) is 3.09. The van der Waals surface area contributed by atoms with E-state index in [1.54, 1.807) is 0 Å². The second-order valence-electron chi connectivity index (χ2n) is 26.6. The number of aliphatic hydroxyl groups excluding tert-OH is 1. The van der Waals surface area contributed by atoms with Crippen LogP contribution in [0.5, 0.6) is 0 Å². The number of nitrogens with one attached hydrogen (secondary N) is 1. The van der Waals surface area contributed by atoms with Gasteiger partial charge in [-0.05, 0) is 89.9 Å². The van der Waals surface area contributed by atoms with Crippen molar-refractivity contribution >= 4 is 13.7 Å². The number of hydrogen-bond donors (Lipinski definition) is 2. The molecule has 3 atom stereocenters. The first-order valence-electron chi connectivity index (χ1n) is 37.9. The Morgan fingerprint density at radius 3 is 0.989 bits per heavy atom. The van der Waals surface area contributed by atoms with E-state index < -0.39 is 20.0 Å². The van der Waals surface area contributed by atoms with Gasteiger partial charge in [0.15, 0.2) is 0 Å². The van der Waals surface area contributed by atoms with Crippen LogP contribution in [0.4, 0.5) is 0 Å². The highest BCUT2D eigenvalue weighted by Gasteiger charge is 2.24. The third-order valence-electron chi connectivity index (χ3n) is 16.7. The third kappa shape index (κ3) is 72.3. The average molecular weight is 1270 g/mol. The van der Waals surface area contributed by atoms with Crippen molar-refractivity contribution in [1.29, 1.82) is 0 Å². The summed E-state index contributed by atoms with van der Waals surface area (Å²) in [6.07, 6.45) is 104. The Labute approximate surface area is 558 Å². The van der Waals surface area contributed by atoms with Crippen LogP contribution in [0.2, 0.25) is 0 Å². The number of nitrogens with zero attached hydrogens (tertiary/aromatic N) is 1. The molecule has 0 aromatic heterocycles. The van der Waals surface area contributed by atoms with Gasteiger partial charge in [0, 0.05) is 6.42 Å². The molecule has 0 aliphatic heterocycles. The smallest absolute Gasteiger partial charge is 0.268 e. The minimum absolute atomic E-state index is 0.00716. The molecular weight excluding hydrogens is 1130 g/mol. The van der Waals surface area contributed by atoms with Crippen molar-refractivity contribution < 1.29 is 32.9 Å². The van der Waals surface area contributed by atoms with E-state index in [-0.39, 0.29) is 19.1 Å². The lowest BCUT2D eigenvalue weighted by atomic mass is 10.0. The molecule has 0 bridgehead atoms. The van der Waals surface area contributed by atoms with Gasteiger partial charge in [0.2, 0.25) is 5.91 Å². The van der Waals surface area contributed by atoms with Crippen LogP contribution in [-0.2, 0) is 18.4 Å². The van der Waals surface area contributed by atoms with E-state index in [9.17, 15) is 19.4 Å². The summed E-state index contributed by atoms with van der Waals surface area (Å²) in [7, 11) is 1.30. The van der Waals surface area contributed by atoms with Gasteiger partial charge in [-0.15, -0.1) is 0 Å². The molecule has 8 nitrogen and oxygen atoms in total. The first kappa shape index (κ1) is 86.9. The molecule has 0 rings (SSSR count). The predicted octanol–water partition coefficient (Wildman–Crippen LogP) is 24.1. The van der Waals surface area contributed by atoms with E-state index in [0.29, 0.717) is 23.9 Å². The van der Waals surface area contributed by atoms with Crippen LogP contribution in [0, 0.1) is 0 Å². The minimum atomic E-state index is -4.59. The zero-order chi connectivity index (χ0) is 65.5. The van der Waals surface area contributed by atoms with E-state index in [1.165, 1.54) is 199 Å². The van der Waals surface area contributed by atoms with Gasteiger partial charge in [0.05, 0.1) is 39.9 Å². The third-order valence-corrected chi connectivity index (χ3v) is 17.7. The number of hydrogen-bond acceptors (Lipinski definition) is 6. The fourth-order valence-electron chi connectivity index (χ4n) is 10.9. The lowest BCUT2D eigenvalue weighted by Crippen LogP contribution is -2.46. The zero-order valence-electron chi connectivity index (χ0n) is 59.6. The van der Waals surface area contributed by atoms with Gasteiger partial charge in [0.1, 0.15) is 13.2 Å². The van der Waals surface area contributed by atoms with Crippen LogP contribution >= 0.6 is 7.82 Å². The fourth-order valence-corrected chi connectivity index (χ4v) is 11.6. The van der Waals surface area contributed by atoms with Gasteiger partial charge in [-0.3, -0.25) is 9.36 Å². The van der Waals surface area contributed by atoms with Gasteiger partial charge in [-0.2, -0.15) is 0 Å². The molecule has 0 radical (unpaired) electrons. The van der Waals surface area contributed by atoms with Crippen molar-refractivity contribution in [1.82, 2.24) is 5.32 Å². The Kier molecular flexibility index (Phi) is 67.8. The number of unbranched alkanes of at least 4 members (excludes halogenated alkanes) is 36. The lowest BCUT2D eigenvalue weighted by molar-refractivity contribution is -0.870. The number of carbonyl (C=O) groups excluding carboxylic acids is 1. The van der Waals surface area contributed by atoms with Crippen molar-refractivity contribution in [2.45, 2.75) is 347 Å². The summed E-state index contributed by atoms with van der Waals surface area (Å²) in [6, 6.07) is -0.813. The predicted molar refractivity (Wildman–Crippen MR) is 394 cm³/mol. The van der Waals surface area contributed by atoms with E-state index >= 15 is 0 Å². The van der Waals surface area contributed by atoms with Crippen LogP contribution in [0.3, 0.4) is 0 Å². The van der Waals surface area contributed by atoms with Gasteiger partial charge < -0.3 is 28.8 Å². The fraction of sp³-hybridized carbons (Fsp3) is 0.741. The number of phosphoric ester groups is 1. The van der Waals surface area contributed by atoms with Crippen molar-refractivity contribution in [3.63, 3.8) is 0 Å². The molecule has 0 heterocycles. The number of allylic oxidation sites excluding steroid dienone is 20. The number of amides is 1. The highest BCUT2D eigenvalue weighted by Crippen LogP contribution is 2.38. The number of quaternary nitrogens is 1. The zero-order valence-corrected chi connectivity index (χ0v) is 60.5. The summed E-state index contributed by atoms with van der Waals surface area (Å²) in [6.45, 7) is 4.63. The largest absolute Gasteiger partial charge is 0.756 e. The molecule has 0 aliphatic rings. The van der Waals surface area contributed by atoms with E-state index in [0.717, 1.165) is 109 Å². The Bertz CT molecular complexity index is 1890. The summed E-state index contributed by atoms with van der Waals surface area (Å²) < 4.78 is 23.6. The first-order valence-corrected chi connectivity index (χ1v) is 39.3. The van der Waals surface area contributed by atoms with Gasteiger partial charge in [-0.1, -0.05) is 360 Å². The molecule has 0 aliphatic carbocycles. The lowest BCUT2D eigenvalue weighted by Gasteiger charge is -2.30. The molecule has 0 aromatic carbocycles. The summed E-state index contributed by atoms with van der Waals surface area (Å²) >= 11 is 0. The molecule has 0 saturated carbocycles. The molecule has 1 amide bonds. The maximum absolute atomic E-state index is 13.1. The molecule has 9 heteroatoms. The van der Waals surface area contributed by atoms with Crippen molar-refractivity contribution in [3.8, 4) is 0 Å². The molecule has 3 unspecified atom stereocenters. The molecule has 90 heavy (non-hydrogen) atoms. The standard InChI is InChI=1S/C81H145N2O6P/c1-6-8-10-12-14-16-18-20-22-24-26-28-30-32-34-35-36-37-38-39-40-41-42-43-44-45-46-47-49-51-53-55-57-59-61-63-65-67-69-71-73-75-81(85)82-79(78-89-90(86,87)88-77-76-83(3,4)5)80(84)74-72-70-68-66-64-62-60-58-56-54-52-50-48-33-31-29-27-25-23-21-19-17-15-13-11-9-7-2/h8,10,14,16,20,22,26,28,32,34,36-37,39-40,42-43,45-46,49,51,79-80,84H,6-7,9,11-13,15,17-19,21,23-25,27,29-31,33,35,38,41,44,47-48,50,52-78H2,1-5H3,(H-,82,85,86,87)/b10-8-,16-14-,22-20-,28-26-,34-32-,37-36-,40-39-,43-42-,46-45-,51-49-. The van der Waals surface area contributed by atoms with E-state index in [1.807, 2.05) is 21.1 Å². The summed E-state index contributed by atoms with van der Waals surface area (Å²) in [4.78, 5) is 25.7. The summed E-state index contributed by atoms with van der Waals surface area (Å²) in [5, 5.41) is 14.1. The SMILES string of the molecule is CC/C=C\C/C=C\C/C=C\C/C=C\C/C=C\C/C=C\C/C=C\C/C=C\C/C=C\C/C=C\CCCCCCCCCCCCC(=O)NC(COP(=O)([O-])OCC[N+](C)(C)C)C(O)CCCCCCCCCCCCCCCCCCCCCCCCCCCCC. The normalized spacial score (nSPS) is 14.3. The quantitative estimate of drug-likeness (QED) is 0.0272. The van der Waals surface area contributed by atoms with Gasteiger partial charge in [-0.25, -0.2) is 0 Å². The Morgan fingerprint density at radius 2 is 0.678 bits per heavy atom. The van der Waals surface area contributed by atoms with Crippen LogP contribution in [0.15, 0.2) is 122 Å².